The van der Waals surface area contributed by atoms with E-state index in [2.05, 4.69) is 5.32 Å². The van der Waals surface area contributed by atoms with E-state index in [-0.39, 0.29) is 41.3 Å². The van der Waals surface area contributed by atoms with Crippen LogP contribution in [0, 0.1) is 11.7 Å². The molecule has 5 rings (SSSR count). The van der Waals surface area contributed by atoms with Gasteiger partial charge in [-0.3, -0.25) is 19.2 Å². The molecule has 2 saturated carbocycles. The number of pyridine rings is 1. The summed E-state index contributed by atoms with van der Waals surface area (Å²) >= 11 is 5.78. The lowest BCUT2D eigenvalue weighted by Crippen LogP contribution is -2.51. The Morgan fingerprint density at radius 3 is 2.66 bits per heavy atom. The zero-order valence-corrected chi connectivity index (χ0v) is 19.9. The van der Waals surface area contributed by atoms with Crippen LogP contribution in [0.2, 0.25) is 5.02 Å². The van der Waals surface area contributed by atoms with Crippen LogP contribution in [0.4, 0.5) is 4.39 Å². The summed E-state index contributed by atoms with van der Waals surface area (Å²) in [7, 11) is 3.28. The third kappa shape index (κ3) is 3.67. The molecule has 1 aliphatic heterocycles. The van der Waals surface area contributed by atoms with Gasteiger partial charge in [0.1, 0.15) is 11.4 Å². The first-order valence-corrected chi connectivity index (χ1v) is 11.7. The van der Waals surface area contributed by atoms with Crippen molar-refractivity contribution in [1.82, 2.24) is 19.7 Å². The number of nitrogens with zero attached hydrogens (tertiary/aromatic N) is 3. The van der Waals surface area contributed by atoms with Gasteiger partial charge in [0, 0.05) is 45.0 Å². The van der Waals surface area contributed by atoms with Gasteiger partial charge < -0.3 is 24.8 Å². The van der Waals surface area contributed by atoms with Crippen LogP contribution in [0.3, 0.4) is 0 Å². The maximum Gasteiger partial charge on any atom is 0.274 e. The van der Waals surface area contributed by atoms with Crippen LogP contribution in [0.25, 0.3) is 0 Å². The molecule has 9 nitrogen and oxygen atoms in total. The van der Waals surface area contributed by atoms with E-state index in [1.807, 2.05) is 0 Å². The quantitative estimate of drug-likeness (QED) is 0.646. The molecule has 0 unspecified atom stereocenters. The van der Waals surface area contributed by atoms with Gasteiger partial charge in [0.05, 0.1) is 16.5 Å². The molecule has 2 fully saturated rings. The highest BCUT2D eigenvalue weighted by Gasteiger charge is 2.65. The van der Waals surface area contributed by atoms with Crippen molar-refractivity contribution in [2.45, 2.75) is 37.4 Å². The first-order valence-electron chi connectivity index (χ1n) is 11.3. The van der Waals surface area contributed by atoms with E-state index in [4.69, 9.17) is 11.6 Å². The molecule has 0 radical (unpaired) electrons. The lowest BCUT2D eigenvalue weighted by molar-refractivity contribution is -0.131. The second-order valence-corrected chi connectivity index (χ2v) is 10.00. The number of nitrogens with one attached hydrogen (secondary N) is 1. The first kappa shape index (κ1) is 23.3. The number of rotatable bonds is 5. The number of aromatic nitrogens is 1. The number of amides is 3. The van der Waals surface area contributed by atoms with E-state index in [0.717, 1.165) is 12.8 Å². The van der Waals surface area contributed by atoms with Crippen molar-refractivity contribution in [3.63, 3.8) is 0 Å². The summed E-state index contributed by atoms with van der Waals surface area (Å²) < 4.78 is 15.6. The number of carbonyl (C=O) groups is 3. The van der Waals surface area contributed by atoms with Crippen LogP contribution < -0.4 is 10.7 Å². The fraction of sp³-hybridized carbons (Fsp3) is 0.417. The summed E-state index contributed by atoms with van der Waals surface area (Å²) in [6.45, 7) is 0.0132. The van der Waals surface area contributed by atoms with E-state index < -0.39 is 45.8 Å². The second-order valence-electron chi connectivity index (χ2n) is 9.59. The van der Waals surface area contributed by atoms with E-state index in [9.17, 15) is 28.7 Å². The normalized spacial score (nSPS) is 22.7. The number of benzene rings is 1. The Balaban J connectivity index is 1.53. The fourth-order valence-corrected chi connectivity index (χ4v) is 5.09. The SMILES string of the molecule is CN(C)C(=O)[C@@H]1C[C@]12CN(C1CC1)C(=O)c1c(O)c(=O)c(C(=O)NCc3cccc(Cl)c3F)cn12. The Labute approximate surface area is 205 Å². The summed E-state index contributed by atoms with van der Waals surface area (Å²) in [5.74, 6) is -3.46. The zero-order chi connectivity index (χ0) is 25.2. The second kappa shape index (κ2) is 8.08. The third-order valence-corrected chi connectivity index (χ3v) is 7.35. The zero-order valence-electron chi connectivity index (χ0n) is 19.2. The Morgan fingerprint density at radius 1 is 1.29 bits per heavy atom. The summed E-state index contributed by atoms with van der Waals surface area (Å²) in [5, 5.41) is 13.2. The molecule has 2 atom stereocenters. The van der Waals surface area contributed by atoms with Gasteiger partial charge in [-0.1, -0.05) is 23.7 Å². The fourth-order valence-electron chi connectivity index (χ4n) is 4.90. The van der Waals surface area contributed by atoms with Crippen LogP contribution in [0.5, 0.6) is 5.75 Å². The van der Waals surface area contributed by atoms with E-state index in [0.29, 0.717) is 6.42 Å². The van der Waals surface area contributed by atoms with Crippen LogP contribution in [-0.4, -0.2) is 63.9 Å². The van der Waals surface area contributed by atoms with Gasteiger partial charge in [-0.25, -0.2) is 4.39 Å². The minimum atomic E-state index is -1.00. The van der Waals surface area contributed by atoms with Crippen molar-refractivity contribution < 1.29 is 23.9 Å². The number of aromatic hydroxyl groups is 1. The summed E-state index contributed by atoms with van der Waals surface area (Å²) in [6, 6.07) is 4.36. The monoisotopic (exact) mass is 502 g/mol. The van der Waals surface area contributed by atoms with Crippen LogP contribution in [0.15, 0.2) is 29.2 Å². The minimum absolute atomic E-state index is 0.00824. The number of hydrogen-bond donors (Lipinski definition) is 2. The molecule has 2 heterocycles. The molecule has 0 bridgehead atoms. The van der Waals surface area contributed by atoms with Crippen LogP contribution in [0.1, 0.15) is 45.7 Å². The molecule has 1 aromatic heterocycles. The largest absolute Gasteiger partial charge is 0.503 e. The molecule has 2 N–H and O–H groups in total. The van der Waals surface area contributed by atoms with Crippen molar-refractivity contribution in [3.05, 3.63) is 62.3 Å². The summed E-state index contributed by atoms with van der Waals surface area (Å²) in [6.07, 6.45) is 3.29. The molecular formula is C24H24ClFN4O5. The topological polar surface area (TPSA) is 112 Å². The molecule has 11 heteroatoms. The third-order valence-electron chi connectivity index (χ3n) is 7.06. The van der Waals surface area contributed by atoms with Gasteiger partial charge in [-0.2, -0.15) is 0 Å². The van der Waals surface area contributed by atoms with E-state index in [1.165, 1.54) is 33.9 Å². The Bertz CT molecular complexity index is 1340. The predicted octanol–water partition coefficient (Wildman–Crippen LogP) is 1.70. The van der Waals surface area contributed by atoms with Gasteiger partial charge in [-0.15, -0.1) is 0 Å². The maximum atomic E-state index is 14.2. The van der Waals surface area contributed by atoms with Crippen molar-refractivity contribution >= 4 is 29.3 Å². The van der Waals surface area contributed by atoms with E-state index >= 15 is 0 Å². The Kier molecular flexibility index (Phi) is 5.39. The molecule has 1 aromatic carbocycles. The average Bonchev–Trinajstić information content (AvgIpc) is 3.74. The predicted molar refractivity (Wildman–Crippen MR) is 124 cm³/mol. The van der Waals surface area contributed by atoms with Gasteiger partial charge in [-0.05, 0) is 25.3 Å². The molecule has 184 valence electrons. The average molecular weight is 503 g/mol. The number of hydrogen-bond acceptors (Lipinski definition) is 5. The maximum absolute atomic E-state index is 14.2. The van der Waals surface area contributed by atoms with Crippen LogP contribution in [-0.2, 0) is 16.9 Å². The number of fused-ring (bicyclic) bond motifs is 2. The molecule has 0 saturated heterocycles. The molecule has 2 aromatic rings. The summed E-state index contributed by atoms with van der Waals surface area (Å²) in [5.41, 5.74) is -2.34. The summed E-state index contributed by atoms with van der Waals surface area (Å²) in [4.78, 5) is 55.0. The number of carbonyl (C=O) groups excluding carboxylic acids is 3. The molecule has 2 aliphatic carbocycles. The molecule has 35 heavy (non-hydrogen) atoms. The molecule has 3 aliphatic rings. The highest BCUT2D eigenvalue weighted by Crippen LogP contribution is 2.55. The first-order chi connectivity index (χ1) is 16.6. The van der Waals surface area contributed by atoms with Crippen molar-refractivity contribution in [2.24, 2.45) is 5.92 Å². The lowest BCUT2D eigenvalue weighted by atomic mass is 10.0. The minimum Gasteiger partial charge on any atom is -0.503 e. The smallest absolute Gasteiger partial charge is 0.274 e. The molecule has 3 amide bonds. The van der Waals surface area contributed by atoms with Gasteiger partial charge in [0.25, 0.3) is 11.8 Å². The lowest BCUT2D eigenvalue weighted by Gasteiger charge is -2.38. The Morgan fingerprint density at radius 2 is 2.00 bits per heavy atom. The van der Waals surface area contributed by atoms with Crippen molar-refractivity contribution in [1.29, 1.82) is 0 Å². The number of halogens is 2. The highest BCUT2D eigenvalue weighted by molar-refractivity contribution is 6.30. The van der Waals surface area contributed by atoms with Crippen molar-refractivity contribution in [2.75, 3.05) is 20.6 Å². The van der Waals surface area contributed by atoms with E-state index in [1.54, 1.807) is 19.0 Å². The highest BCUT2D eigenvalue weighted by atomic mass is 35.5. The Hall–Kier alpha value is -3.40. The standard InChI is InChI=1S/C24H24ClFN4O5/c1-28(2)22(34)15-8-24(15)11-29(13-6-7-13)23(35)18-20(32)19(31)14(10-30(18)24)21(33)27-9-12-4-3-5-16(25)17(12)26/h3-5,10,13,15,32H,6-9,11H2,1-2H3,(H,27,33)/t15-,24-/m0/s1. The van der Waals surface area contributed by atoms with Gasteiger partial charge >= 0.3 is 0 Å². The van der Waals surface area contributed by atoms with Gasteiger partial charge in [0.15, 0.2) is 11.4 Å². The van der Waals surface area contributed by atoms with Gasteiger partial charge in [0.2, 0.25) is 11.3 Å². The molecular weight excluding hydrogens is 479 g/mol. The van der Waals surface area contributed by atoms with Crippen molar-refractivity contribution in [3.8, 4) is 5.75 Å². The molecule has 1 spiro atoms. The van der Waals surface area contributed by atoms with Crippen LogP contribution >= 0.6 is 11.6 Å².